The van der Waals surface area contributed by atoms with Gasteiger partial charge >= 0.3 is 11.7 Å². The molecule has 2 heterocycles. The highest BCUT2D eigenvalue weighted by atomic mass is 16.5. The van der Waals surface area contributed by atoms with E-state index in [1.165, 1.54) is 18.8 Å². The van der Waals surface area contributed by atoms with Gasteiger partial charge < -0.3 is 9.47 Å². The van der Waals surface area contributed by atoms with E-state index < -0.39 is 29.4 Å². The predicted molar refractivity (Wildman–Crippen MR) is 150 cm³/mol. The van der Waals surface area contributed by atoms with Crippen molar-refractivity contribution in [3.63, 3.8) is 0 Å². The van der Waals surface area contributed by atoms with Crippen molar-refractivity contribution in [2.24, 2.45) is 10.9 Å². The van der Waals surface area contributed by atoms with Crippen molar-refractivity contribution < 1.29 is 19.1 Å². The normalized spacial score (nSPS) is 15.8. The fourth-order valence-electron chi connectivity index (χ4n) is 4.87. The quantitative estimate of drug-likeness (QED) is 0.270. The van der Waals surface area contributed by atoms with Crippen molar-refractivity contribution in [1.82, 2.24) is 15.0 Å². The zero-order valence-corrected chi connectivity index (χ0v) is 22.1. The fourth-order valence-corrected chi connectivity index (χ4v) is 4.87. The number of rotatable bonds is 7. The van der Waals surface area contributed by atoms with Crippen molar-refractivity contribution >= 4 is 29.2 Å². The Morgan fingerprint density at radius 1 is 0.925 bits per heavy atom. The molecular weight excluding hydrogens is 510 g/mol. The molecule has 1 amide bonds. The van der Waals surface area contributed by atoms with Crippen molar-refractivity contribution in [1.29, 1.82) is 0 Å². The Morgan fingerprint density at radius 2 is 1.62 bits per heavy atom. The second-order valence-electron chi connectivity index (χ2n) is 9.10. The molecule has 0 radical (unpaired) electrons. The number of anilines is 1. The number of carbonyl (C=O) groups excluding carboxylic acids is 2. The van der Waals surface area contributed by atoms with E-state index in [1.54, 1.807) is 55.5 Å². The van der Waals surface area contributed by atoms with Crippen molar-refractivity contribution in [3.05, 3.63) is 112 Å². The number of fused-ring (bicyclic) bond motifs is 1. The third-order valence-corrected chi connectivity index (χ3v) is 6.74. The van der Waals surface area contributed by atoms with Crippen molar-refractivity contribution in [2.75, 3.05) is 19.6 Å². The highest BCUT2D eigenvalue weighted by molar-refractivity contribution is 6.05. The lowest BCUT2D eigenvalue weighted by atomic mass is 9.76. The second kappa shape index (κ2) is 11.2. The summed E-state index contributed by atoms with van der Waals surface area (Å²) < 4.78 is 11.8. The zero-order chi connectivity index (χ0) is 28.2. The van der Waals surface area contributed by atoms with Crippen LogP contribution in [-0.2, 0) is 9.53 Å². The lowest BCUT2D eigenvalue weighted by Gasteiger charge is -2.33. The van der Waals surface area contributed by atoms with E-state index in [1.807, 2.05) is 36.4 Å². The van der Waals surface area contributed by atoms with Gasteiger partial charge in [0.2, 0.25) is 0 Å². The molecule has 10 nitrogen and oxygen atoms in total. The molecule has 1 aliphatic rings. The van der Waals surface area contributed by atoms with Crippen molar-refractivity contribution in [2.45, 2.75) is 12.8 Å². The van der Waals surface area contributed by atoms with Crippen LogP contribution in [0, 0.1) is 5.92 Å². The largest absolute Gasteiger partial charge is 0.497 e. The molecule has 2 N–H and O–H groups in total. The van der Waals surface area contributed by atoms with Gasteiger partial charge in [-0.2, -0.15) is 4.98 Å². The minimum Gasteiger partial charge on any atom is -0.497 e. The number of hydrogen-bond acceptors (Lipinski definition) is 8. The minimum absolute atomic E-state index is 0.0717. The summed E-state index contributed by atoms with van der Waals surface area (Å²) in [6.07, 6.45) is 0. The van der Waals surface area contributed by atoms with Gasteiger partial charge in [-0.05, 0) is 42.8 Å². The fraction of sp³-hybridized carbons (Fsp3) is 0.167. The van der Waals surface area contributed by atoms with Gasteiger partial charge in [0.25, 0.3) is 5.91 Å². The van der Waals surface area contributed by atoms with E-state index in [0.717, 1.165) is 5.56 Å². The summed E-state index contributed by atoms with van der Waals surface area (Å²) in [4.78, 5) is 48.6. The number of methoxy groups -OCH3 is 2. The Balaban J connectivity index is 1.70. The number of aromatic nitrogens is 2. The lowest BCUT2D eigenvalue weighted by molar-refractivity contribution is -0.143. The Kier molecular flexibility index (Phi) is 7.41. The van der Waals surface area contributed by atoms with E-state index in [-0.39, 0.29) is 5.82 Å². The molecular formula is C30H27N5O5. The van der Waals surface area contributed by atoms with Gasteiger partial charge in [-0.1, -0.05) is 54.6 Å². The van der Waals surface area contributed by atoms with Crippen LogP contribution in [0.25, 0.3) is 5.69 Å². The minimum atomic E-state index is -0.793. The van der Waals surface area contributed by atoms with Crippen molar-refractivity contribution in [3.8, 4) is 11.4 Å². The molecule has 3 aromatic carbocycles. The average Bonchev–Trinajstić information content (AvgIpc) is 2.99. The number of esters is 1. The summed E-state index contributed by atoms with van der Waals surface area (Å²) in [5.41, 5.74) is 7.47. The molecule has 5 rings (SSSR count). The Bertz CT molecular complexity index is 1650. The van der Waals surface area contributed by atoms with Crippen LogP contribution in [0.1, 0.15) is 34.3 Å². The van der Waals surface area contributed by atoms with Crippen LogP contribution < -0.4 is 21.3 Å². The van der Waals surface area contributed by atoms with Gasteiger partial charge in [0.05, 0.1) is 19.9 Å². The third-order valence-electron chi connectivity index (χ3n) is 6.74. The SMILES string of the molecule is COC(=O)C1C(C)=Nc2c(c(NNC(=O)c3cccc(OC)c3)nc(=O)n2-c2ccccc2)C1c1ccccc1. The first-order valence-electron chi connectivity index (χ1n) is 12.5. The number of hydrogen-bond donors (Lipinski definition) is 2. The molecule has 1 aromatic heterocycles. The van der Waals surface area contributed by atoms with E-state index >= 15 is 0 Å². The number of carbonyl (C=O) groups is 2. The first-order chi connectivity index (χ1) is 19.4. The van der Waals surface area contributed by atoms with Gasteiger partial charge in [0, 0.05) is 22.8 Å². The molecule has 0 saturated heterocycles. The monoisotopic (exact) mass is 537 g/mol. The Labute approximate surface area is 230 Å². The summed E-state index contributed by atoms with van der Waals surface area (Å²) in [5.74, 6) is -1.48. The maximum Gasteiger partial charge on any atom is 0.355 e. The molecule has 10 heteroatoms. The molecule has 2 atom stereocenters. The van der Waals surface area contributed by atoms with Gasteiger partial charge in [-0.3, -0.25) is 20.4 Å². The van der Waals surface area contributed by atoms with Gasteiger partial charge in [0.1, 0.15) is 17.5 Å². The number of para-hydroxylation sites is 1. The second-order valence-corrected chi connectivity index (χ2v) is 9.10. The number of amides is 1. The number of ether oxygens (including phenoxy) is 2. The summed E-state index contributed by atoms with van der Waals surface area (Å²) in [6.45, 7) is 1.73. The summed E-state index contributed by atoms with van der Waals surface area (Å²) in [5, 5.41) is 0. The maximum absolute atomic E-state index is 13.5. The molecule has 0 saturated carbocycles. The van der Waals surface area contributed by atoms with Crippen LogP contribution >= 0.6 is 0 Å². The molecule has 202 valence electrons. The molecule has 0 aliphatic carbocycles. The number of aliphatic imine (C=N–C) groups is 1. The predicted octanol–water partition coefficient (Wildman–Crippen LogP) is 4.03. The van der Waals surface area contributed by atoms with E-state index in [4.69, 9.17) is 14.5 Å². The third kappa shape index (κ3) is 4.94. The van der Waals surface area contributed by atoms with E-state index in [0.29, 0.717) is 34.1 Å². The number of benzene rings is 3. The number of nitrogens with zero attached hydrogens (tertiary/aromatic N) is 3. The summed E-state index contributed by atoms with van der Waals surface area (Å²) in [7, 11) is 2.83. The smallest absolute Gasteiger partial charge is 0.355 e. The highest BCUT2D eigenvalue weighted by Crippen LogP contribution is 2.45. The Hall–Kier alpha value is -5.25. The molecule has 1 aliphatic heterocycles. The van der Waals surface area contributed by atoms with Gasteiger partial charge in [-0.25, -0.2) is 14.4 Å². The lowest BCUT2D eigenvalue weighted by Crippen LogP contribution is -2.38. The number of nitrogens with one attached hydrogen (secondary N) is 2. The Morgan fingerprint density at radius 3 is 2.30 bits per heavy atom. The van der Waals surface area contributed by atoms with E-state index in [2.05, 4.69) is 15.8 Å². The maximum atomic E-state index is 13.5. The highest BCUT2D eigenvalue weighted by Gasteiger charge is 2.42. The standard InChI is InChI=1S/C30H27N5O5/c1-18-23(29(37)40-3)24(19-11-6-4-7-12-19)25-26(33-34-28(36)20-13-10-16-22(17-20)39-2)32-30(38)35(27(25)31-18)21-14-8-5-9-15-21/h4-17,23-24H,1-3H3,(H,34,36)(H,32,33,38). The van der Waals surface area contributed by atoms with Crippen LogP contribution in [0.15, 0.2) is 94.7 Å². The molecule has 0 bridgehead atoms. The average molecular weight is 538 g/mol. The van der Waals surface area contributed by atoms with E-state index in [9.17, 15) is 14.4 Å². The first kappa shape index (κ1) is 26.4. The molecule has 40 heavy (non-hydrogen) atoms. The first-order valence-corrected chi connectivity index (χ1v) is 12.5. The molecule has 2 unspecified atom stereocenters. The van der Waals surface area contributed by atoms with Gasteiger partial charge in [0.15, 0.2) is 5.82 Å². The zero-order valence-electron chi connectivity index (χ0n) is 22.1. The molecule has 4 aromatic rings. The van der Waals surface area contributed by atoms with Crippen LogP contribution in [-0.4, -0.2) is 41.4 Å². The van der Waals surface area contributed by atoms with Crippen LogP contribution in [0.3, 0.4) is 0 Å². The summed E-state index contributed by atoms with van der Waals surface area (Å²) in [6, 6.07) is 25.0. The summed E-state index contributed by atoms with van der Waals surface area (Å²) >= 11 is 0. The van der Waals surface area contributed by atoms with Crippen LogP contribution in [0.4, 0.5) is 11.6 Å². The molecule has 0 fully saturated rings. The molecule has 0 spiro atoms. The number of hydrazine groups is 1. The van der Waals surface area contributed by atoms with Crippen LogP contribution in [0.2, 0.25) is 0 Å². The topological polar surface area (TPSA) is 124 Å². The van der Waals surface area contributed by atoms with Crippen LogP contribution in [0.5, 0.6) is 5.75 Å². The van der Waals surface area contributed by atoms with Gasteiger partial charge in [-0.15, -0.1) is 0 Å².